The molecule has 3 aliphatic rings. The third-order valence-electron chi connectivity index (χ3n) is 13.6. The average Bonchev–Trinajstić information content (AvgIpc) is 4.04. The van der Waals surface area contributed by atoms with Crippen molar-refractivity contribution in [3.05, 3.63) is 77.2 Å². The minimum Gasteiger partial charge on any atom is -0.408 e. The number of hydrogen-bond acceptors (Lipinski definition) is 18. The fourth-order valence-corrected chi connectivity index (χ4v) is 13.9. The van der Waals surface area contributed by atoms with Crippen molar-refractivity contribution in [3.8, 4) is 6.07 Å². The molecule has 2 bridgehead atoms. The number of aromatic amines is 1. The molecular formula is C43H58FN9O12P2S2Si2. The predicted molar refractivity (Wildman–Crippen MR) is 271 cm³/mol. The van der Waals surface area contributed by atoms with Gasteiger partial charge < -0.3 is 51.7 Å². The summed E-state index contributed by atoms with van der Waals surface area (Å²) in [6, 6.07) is 10.7. The standard InChI is InChI=1S/C43H58FN9O12P2S2Si2/c1-42(2,3)70(7,8)64-32-28-20-58-66(56,68)62-31-27(60-41(34(31)65-71(9,10)43(4,5)6)52-19-26(44)29-36(52)47-23-49-39(29)55)21-59-67(69,57-18-14-17-45)63-33(32)40(61-28)53-24-50-30-35(46-22-48-37(30)53)51-38(54)25-15-12-11-13-16-25/h11-13,15-16,19,22-24,27-28,31-34,40-41H,14,18,20-21H2,1-10H3,(H,56,68)(H,47,49,55)(H,46,48,51,54)/t27-,28-,31-,32-,33-,34-,40-,41-,66?,67?/m1/s1. The number of halogens is 1. The zero-order chi connectivity index (χ0) is 51.5. The molecule has 2 unspecified atom stereocenters. The van der Waals surface area contributed by atoms with Crippen molar-refractivity contribution >= 4 is 87.6 Å². The molecular weight excluding hydrogens is 1040 g/mol. The Hall–Kier alpha value is -3.59. The number of amides is 1. The summed E-state index contributed by atoms with van der Waals surface area (Å²) in [5.74, 6) is -1.16. The van der Waals surface area contributed by atoms with Crippen LogP contribution >= 0.6 is 13.4 Å². The zero-order valence-electron chi connectivity index (χ0n) is 40.8. The number of aromatic nitrogens is 7. The van der Waals surface area contributed by atoms with Crippen LogP contribution in [0.5, 0.6) is 0 Å². The normalized spacial score (nSPS) is 29.0. The number of H-pyrrole nitrogens is 1. The van der Waals surface area contributed by atoms with Crippen LogP contribution in [0.3, 0.4) is 0 Å². The first-order valence-corrected chi connectivity index (χ1v) is 33.7. The summed E-state index contributed by atoms with van der Waals surface area (Å²) in [5.41, 5.74) is 0.0969. The van der Waals surface area contributed by atoms with Gasteiger partial charge in [0.2, 0.25) is 0 Å². The number of benzene rings is 1. The molecule has 0 spiro atoms. The van der Waals surface area contributed by atoms with Crippen molar-refractivity contribution in [2.24, 2.45) is 0 Å². The number of imidazole rings is 1. The van der Waals surface area contributed by atoms with Gasteiger partial charge in [-0.05, 0) is 72.0 Å². The van der Waals surface area contributed by atoms with E-state index in [2.05, 4.69) is 57.1 Å². The molecule has 1 aromatic carbocycles. The molecule has 71 heavy (non-hydrogen) atoms. The lowest BCUT2D eigenvalue weighted by molar-refractivity contribution is -0.0619. The number of rotatable bonds is 11. The Morgan fingerprint density at radius 2 is 1.58 bits per heavy atom. The molecule has 3 N–H and O–H groups in total. The lowest BCUT2D eigenvalue weighted by Gasteiger charge is -2.41. The second-order valence-electron chi connectivity index (χ2n) is 20.4. The first kappa shape index (κ1) is 53.7. The van der Waals surface area contributed by atoms with Crippen LogP contribution in [0, 0.1) is 17.1 Å². The lowest BCUT2D eigenvalue weighted by atomic mass is 10.1. The molecule has 0 saturated carbocycles. The molecule has 8 rings (SSSR count). The highest BCUT2D eigenvalue weighted by molar-refractivity contribution is 8.07. The SMILES string of the molecule is CC(C)(C)[Si](C)(C)O[C@@H]1[C@@H]2OP(O)(=S)OC[C@H]3O[C@@H](n4cnc5c(NC(=O)c6ccccc6)ncnc54)[C@H](OP(=S)(OCCC#N)OC[C@H]2O[C@H]1n1cc(F)c2c(=O)[nH]cnc21)[C@@H]3O[Si](C)(C)C(C)(C)C. The molecule has 3 fully saturated rings. The maximum Gasteiger partial charge on any atom is 0.327 e. The van der Waals surface area contributed by atoms with Gasteiger partial charge in [0.25, 0.3) is 11.5 Å². The van der Waals surface area contributed by atoms with Gasteiger partial charge in [0.05, 0.1) is 45.0 Å². The van der Waals surface area contributed by atoms with Crippen LogP contribution in [0.2, 0.25) is 36.3 Å². The van der Waals surface area contributed by atoms with Crippen molar-refractivity contribution in [2.45, 2.75) is 133 Å². The van der Waals surface area contributed by atoms with E-state index in [1.807, 2.05) is 47.0 Å². The molecule has 1 amide bonds. The van der Waals surface area contributed by atoms with E-state index in [-0.39, 0.29) is 51.1 Å². The summed E-state index contributed by atoms with van der Waals surface area (Å²) < 4.78 is 79.0. The topological polar surface area (TPSA) is 250 Å². The number of nitrogens with zero attached hydrogens (tertiary/aromatic N) is 7. The highest BCUT2D eigenvalue weighted by Crippen LogP contribution is 2.58. The largest absolute Gasteiger partial charge is 0.408 e. The molecule has 0 radical (unpaired) electrons. The van der Waals surface area contributed by atoms with Gasteiger partial charge in [-0.2, -0.15) is 5.26 Å². The second-order valence-corrected chi connectivity index (χ2v) is 35.7. The Bertz CT molecular complexity index is 2990. The number of fused-ring (bicyclic) bond motifs is 5. The Morgan fingerprint density at radius 3 is 2.25 bits per heavy atom. The van der Waals surface area contributed by atoms with Crippen LogP contribution in [0.25, 0.3) is 22.2 Å². The third kappa shape index (κ3) is 11.1. The number of hydrogen-bond donors (Lipinski definition) is 3. The summed E-state index contributed by atoms with van der Waals surface area (Å²) in [6.07, 6.45) is -4.44. The smallest absolute Gasteiger partial charge is 0.327 e. The Balaban J connectivity index is 1.23. The van der Waals surface area contributed by atoms with E-state index >= 15 is 4.39 Å². The van der Waals surface area contributed by atoms with Crippen LogP contribution in [-0.4, -0.2) is 118 Å². The number of nitrogens with one attached hydrogen (secondary N) is 2. The molecule has 28 heteroatoms. The molecule has 384 valence electrons. The molecule has 0 aliphatic carbocycles. The number of nitriles is 1. The molecule has 21 nitrogen and oxygen atoms in total. The molecule has 3 aliphatic heterocycles. The minimum atomic E-state index is -4.35. The van der Waals surface area contributed by atoms with Gasteiger partial charge in [-0.15, -0.1) is 0 Å². The Morgan fingerprint density at radius 1 is 0.915 bits per heavy atom. The first-order chi connectivity index (χ1) is 33.2. The van der Waals surface area contributed by atoms with Gasteiger partial charge in [-0.1, -0.05) is 59.7 Å². The molecule has 10 atom stereocenters. The monoisotopic (exact) mass is 1090 g/mol. The fourth-order valence-electron chi connectivity index (χ4n) is 7.78. The van der Waals surface area contributed by atoms with E-state index in [1.165, 1.54) is 17.2 Å². The number of ether oxygens (including phenoxy) is 2. The van der Waals surface area contributed by atoms with E-state index in [0.717, 1.165) is 12.5 Å². The third-order valence-corrected chi connectivity index (χ3v) is 26.4. The highest BCUT2D eigenvalue weighted by Gasteiger charge is 2.57. The van der Waals surface area contributed by atoms with Crippen LogP contribution in [-0.2, 0) is 64.6 Å². The fraction of sp³-hybridized carbons (Fsp3) is 0.558. The van der Waals surface area contributed by atoms with Gasteiger partial charge in [-0.25, -0.2) is 24.3 Å². The van der Waals surface area contributed by atoms with Crippen LogP contribution in [0.4, 0.5) is 10.2 Å². The number of carbonyl (C=O) groups is 1. The van der Waals surface area contributed by atoms with Gasteiger partial charge in [0.1, 0.15) is 48.3 Å². The van der Waals surface area contributed by atoms with Gasteiger partial charge >= 0.3 is 13.4 Å². The maximum atomic E-state index is 15.7. The van der Waals surface area contributed by atoms with Gasteiger partial charge in [0.15, 0.2) is 57.5 Å². The zero-order valence-corrected chi connectivity index (χ0v) is 46.2. The van der Waals surface area contributed by atoms with Crippen LogP contribution in [0.15, 0.2) is 60.3 Å². The van der Waals surface area contributed by atoms with Crippen LogP contribution in [0.1, 0.15) is 70.8 Å². The summed E-state index contributed by atoms with van der Waals surface area (Å²) in [4.78, 5) is 58.6. The summed E-state index contributed by atoms with van der Waals surface area (Å²) >= 11 is 12.0. The first-order valence-electron chi connectivity index (χ1n) is 22.8. The van der Waals surface area contributed by atoms with E-state index < -0.39 is 110 Å². The van der Waals surface area contributed by atoms with Crippen LogP contribution < -0.4 is 10.9 Å². The second kappa shape index (κ2) is 20.3. The number of anilines is 1. The van der Waals surface area contributed by atoms with E-state index in [4.69, 9.17) is 64.6 Å². The summed E-state index contributed by atoms with van der Waals surface area (Å²) in [5, 5.41) is 11.4. The summed E-state index contributed by atoms with van der Waals surface area (Å²) in [6.45, 7) is 10.9. The van der Waals surface area contributed by atoms with Crippen molar-refractivity contribution in [1.29, 1.82) is 5.26 Å². The van der Waals surface area contributed by atoms with Gasteiger partial charge in [0, 0.05) is 11.8 Å². The van der Waals surface area contributed by atoms with Crippen molar-refractivity contribution in [1.82, 2.24) is 34.1 Å². The Kier molecular flexibility index (Phi) is 15.3. The van der Waals surface area contributed by atoms with Gasteiger partial charge in [-0.3, -0.25) is 23.2 Å². The van der Waals surface area contributed by atoms with Crippen molar-refractivity contribution in [2.75, 3.05) is 25.1 Å². The van der Waals surface area contributed by atoms with E-state index in [0.29, 0.717) is 5.56 Å². The maximum absolute atomic E-state index is 15.7. The quantitative estimate of drug-likeness (QED) is 0.0650. The predicted octanol–water partition coefficient (Wildman–Crippen LogP) is 7.72. The summed E-state index contributed by atoms with van der Waals surface area (Å²) in [7, 11) is -5.57. The van der Waals surface area contributed by atoms with Crippen molar-refractivity contribution in [3.63, 3.8) is 0 Å². The van der Waals surface area contributed by atoms with Crippen molar-refractivity contribution < 1.29 is 55.0 Å². The highest BCUT2D eigenvalue weighted by atomic mass is 32.5. The Labute approximate surface area is 421 Å². The van der Waals surface area contributed by atoms with E-state index in [1.54, 1.807) is 34.9 Å². The van der Waals surface area contributed by atoms with E-state index in [9.17, 15) is 19.7 Å². The minimum absolute atomic E-state index is 0.0432. The lowest BCUT2D eigenvalue weighted by Crippen LogP contribution is -2.50. The molecule has 5 aromatic rings. The molecule has 4 aromatic heterocycles. The molecule has 7 heterocycles. The molecule has 3 saturated heterocycles. The number of carbonyl (C=O) groups excluding carboxylic acids is 1. The average molecular weight is 1090 g/mol.